The van der Waals surface area contributed by atoms with Crippen LogP contribution < -0.4 is 4.90 Å². The zero-order valence-electron chi connectivity index (χ0n) is 15.2. The molecule has 2 aromatic heterocycles. The molecule has 1 aliphatic rings. The number of likely N-dealkylation sites (tertiary alicyclic amines) is 1. The van der Waals surface area contributed by atoms with Gasteiger partial charge in [0.25, 0.3) is 0 Å². The number of hydrogen-bond donors (Lipinski definition) is 0. The molecule has 1 saturated heterocycles. The third-order valence-electron chi connectivity index (χ3n) is 4.76. The minimum Gasteiger partial charge on any atom is -0.347 e. The van der Waals surface area contributed by atoms with Crippen molar-refractivity contribution in [2.45, 2.75) is 52.2 Å². The number of aromatic nitrogens is 4. The Morgan fingerprint density at radius 1 is 1.29 bits per heavy atom. The second-order valence-electron chi connectivity index (χ2n) is 6.75. The monoisotopic (exact) mass is 328 g/mol. The van der Waals surface area contributed by atoms with Crippen molar-refractivity contribution in [3.63, 3.8) is 0 Å². The molecule has 24 heavy (non-hydrogen) atoms. The standard InChI is InChI=1S/C18H28N6/c1-5-24-13-15(14(2)21-24)12-23-11-7-6-8-17(23)16-9-10-19-18(20-16)22(3)4/h9-10,13,17H,5-8,11-12H2,1-4H3/t17-/m0/s1. The molecule has 2 aromatic rings. The van der Waals surface area contributed by atoms with Crippen LogP contribution in [0.3, 0.4) is 0 Å². The lowest BCUT2D eigenvalue weighted by atomic mass is 9.98. The Balaban J connectivity index is 1.83. The van der Waals surface area contributed by atoms with Gasteiger partial charge in [-0.3, -0.25) is 9.58 Å². The molecule has 0 aliphatic carbocycles. The summed E-state index contributed by atoms with van der Waals surface area (Å²) in [7, 11) is 3.97. The van der Waals surface area contributed by atoms with E-state index in [1.54, 1.807) is 0 Å². The first-order valence-electron chi connectivity index (χ1n) is 8.85. The van der Waals surface area contributed by atoms with Gasteiger partial charge in [0.1, 0.15) is 0 Å². The van der Waals surface area contributed by atoms with Crippen molar-refractivity contribution in [1.29, 1.82) is 0 Å². The van der Waals surface area contributed by atoms with Crippen molar-refractivity contribution < 1.29 is 0 Å². The molecule has 0 N–H and O–H groups in total. The zero-order chi connectivity index (χ0) is 17.1. The summed E-state index contributed by atoms with van der Waals surface area (Å²) in [5, 5.41) is 4.59. The van der Waals surface area contributed by atoms with Gasteiger partial charge in [-0.2, -0.15) is 5.10 Å². The summed E-state index contributed by atoms with van der Waals surface area (Å²) in [6.45, 7) is 7.21. The molecule has 0 saturated carbocycles. The van der Waals surface area contributed by atoms with Crippen LogP contribution in [-0.4, -0.2) is 45.3 Å². The maximum atomic E-state index is 4.78. The maximum absolute atomic E-state index is 4.78. The predicted octanol–water partition coefficient (Wildman–Crippen LogP) is 2.79. The molecule has 0 radical (unpaired) electrons. The highest BCUT2D eigenvalue weighted by atomic mass is 15.3. The highest BCUT2D eigenvalue weighted by molar-refractivity contribution is 5.28. The number of rotatable bonds is 5. The van der Waals surface area contributed by atoms with Crippen LogP contribution in [0.4, 0.5) is 5.95 Å². The van der Waals surface area contributed by atoms with E-state index in [1.165, 1.54) is 18.4 Å². The van der Waals surface area contributed by atoms with Crippen LogP contribution >= 0.6 is 0 Å². The second-order valence-corrected chi connectivity index (χ2v) is 6.75. The van der Waals surface area contributed by atoms with Crippen molar-refractivity contribution in [3.8, 4) is 0 Å². The molecule has 0 aromatic carbocycles. The Bertz CT molecular complexity index is 678. The fourth-order valence-electron chi connectivity index (χ4n) is 3.37. The molecule has 3 rings (SSSR count). The van der Waals surface area contributed by atoms with Crippen molar-refractivity contribution in [3.05, 3.63) is 35.4 Å². The normalized spacial score (nSPS) is 18.8. The lowest BCUT2D eigenvalue weighted by Crippen LogP contribution is -2.33. The first-order valence-corrected chi connectivity index (χ1v) is 8.85. The van der Waals surface area contributed by atoms with Crippen LogP contribution in [0.5, 0.6) is 0 Å². The summed E-state index contributed by atoms with van der Waals surface area (Å²) in [6.07, 6.45) is 7.74. The van der Waals surface area contributed by atoms with Crippen molar-refractivity contribution >= 4 is 5.95 Å². The van der Waals surface area contributed by atoms with Crippen LogP contribution in [0.15, 0.2) is 18.5 Å². The Hall–Kier alpha value is -1.95. The lowest BCUT2D eigenvalue weighted by Gasteiger charge is -2.35. The quantitative estimate of drug-likeness (QED) is 0.845. The van der Waals surface area contributed by atoms with Gasteiger partial charge < -0.3 is 4.90 Å². The van der Waals surface area contributed by atoms with Gasteiger partial charge in [-0.15, -0.1) is 0 Å². The molecular weight excluding hydrogens is 300 g/mol. The van der Waals surface area contributed by atoms with Crippen molar-refractivity contribution in [1.82, 2.24) is 24.6 Å². The van der Waals surface area contributed by atoms with Crippen molar-refractivity contribution in [2.24, 2.45) is 0 Å². The summed E-state index contributed by atoms with van der Waals surface area (Å²) in [6, 6.07) is 2.43. The zero-order valence-corrected chi connectivity index (χ0v) is 15.2. The summed E-state index contributed by atoms with van der Waals surface area (Å²) in [4.78, 5) is 13.7. The number of aryl methyl sites for hydroxylation is 2. The van der Waals surface area contributed by atoms with E-state index in [0.29, 0.717) is 6.04 Å². The average molecular weight is 328 g/mol. The van der Waals surface area contributed by atoms with E-state index >= 15 is 0 Å². The fraction of sp³-hybridized carbons (Fsp3) is 0.611. The van der Waals surface area contributed by atoms with Gasteiger partial charge in [0, 0.05) is 45.1 Å². The summed E-state index contributed by atoms with van der Waals surface area (Å²) >= 11 is 0. The maximum Gasteiger partial charge on any atom is 0.225 e. The van der Waals surface area contributed by atoms with E-state index in [4.69, 9.17) is 4.98 Å². The molecule has 0 bridgehead atoms. The summed E-state index contributed by atoms with van der Waals surface area (Å²) in [5.74, 6) is 0.785. The Morgan fingerprint density at radius 2 is 2.12 bits per heavy atom. The SMILES string of the molecule is CCn1cc(CN2CCCC[C@H]2c2ccnc(N(C)C)n2)c(C)n1. The van der Waals surface area contributed by atoms with Crippen LogP contribution in [0.2, 0.25) is 0 Å². The van der Waals surface area contributed by atoms with E-state index in [2.05, 4.69) is 41.1 Å². The minimum absolute atomic E-state index is 0.366. The van der Waals surface area contributed by atoms with Gasteiger partial charge in [0.05, 0.1) is 17.4 Å². The van der Waals surface area contributed by atoms with Crippen LogP contribution in [0.1, 0.15) is 49.2 Å². The molecule has 6 nitrogen and oxygen atoms in total. The number of piperidine rings is 1. The largest absolute Gasteiger partial charge is 0.347 e. The second kappa shape index (κ2) is 7.30. The highest BCUT2D eigenvalue weighted by Gasteiger charge is 2.26. The van der Waals surface area contributed by atoms with E-state index in [9.17, 15) is 0 Å². The van der Waals surface area contributed by atoms with Gasteiger partial charge >= 0.3 is 0 Å². The smallest absolute Gasteiger partial charge is 0.225 e. The molecular formula is C18H28N6. The van der Waals surface area contributed by atoms with E-state index in [-0.39, 0.29) is 0 Å². The van der Waals surface area contributed by atoms with E-state index in [1.807, 2.05) is 29.9 Å². The molecule has 3 heterocycles. The molecule has 6 heteroatoms. The minimum atomic E-state index is 0.366. The molecule has 1 fully saturated rings. The fourth-order valence-corrected chi connectivity index (χ4v) is 3.37. The lowest BCUT2D eigenvalue weighted by molar-refractivity contribution is 0.137. The van der Waals surface area contributed by atoms with Gasteiger partial charge in [-0.05, 0) is 39.3 Å². The van der Waals surface area contributed by atoms with Gasteiger partial charge in [0.15, 0.2) is 0 Å². The molecule has 0 spiro atoms. The topological polar surface area (TPSA) is 50.1 Å². The van der Waals surface area contributed by atoms with Gasteiger partial charge in [0.2, 0.25) is 5.95 Å². The Kier molecular flexibility index (Phi) is 5.14. The number of anilines is 1. The van der Waals surface area contributed by atoms with Gasteiger partial charge in [-0.25, -0.2) is 9.97 Å². The highest BCUT2D eigenvalue weighted by Crippen LogP contribution is 2.31. The van der Waals surface area contributed by atoms with Gasteiger partial charge in [-0.1, -0.05) is 6.42 Å². The van der Waals surface area contributed by atoms with Crippen LogP contribution in [0.25, 0.3) is 0 Å². The molecule has 0 unspecified atom stereocenters. The average Bonchev–Trinajstić information content (AvgIpc) is 2.95. The predicted molar refractivity (Wildman–Crippen MR) is 96.0 cm³/mol. The first kappa shape index (κ1) is 16.9. The Morgan fingerprint density at radius 3 is 2.83 bits per heavy atom. The first-order chi connectivity index (χ1) is 11.6. The third-order valence-corrected chi connectivity index (χ3v) is 4.76. The van der Waals surface area contributed by atoms with E-state index < -0.39 is 0 Å². The molecule has 1 atom stereocenters. The summed E-state index contributed by atoms with van der Waals surface area (Å²) < 4.78 is 2.03. The third kappa shape index (κ3) is 3.59. The molecule has 130 valence electrons. The van der Waals surface area contributed by atoms with Crippen LogP contribution in [-0.2, 0) is 13.1 Å². The van der Waals surface area contributed by atoms with Crippen LogP contribution in [0, 0.1) is 6.92 Å². The van der Waals surface area contributed by atoms with E-state index in [0.717, 1.165) is 43.4 Å². The number of nitrogens with zero attached hydrogens (tertiary/aromatic N) is 6. The molecule has 0 amide bonds. The van der Waals surface area contributed by atoms with Crippen molar-refractivity contribution in [2.75, 3.05) is 25.5 Å². The number of hydrogen-bond acceptors (Lipinski definition) is 5. The molecule has 1 aliphatic heterocycles. The summed E-state index contributed by atoms with van der Waals surface area (Å²) in [5.41, 5.74) is 3.59. The Labute approximate surface area is 144 Å².